The van der Waals surface area contributed by atoms with Crippen LogP contribution in [0, 0.1) is 5.92 Å². The van der Waals surface area contributed by atoms with E-state index in [9.17, 15) is 4.79 Å². The minimum absolute atomic E-state index is 0.0258. The molecule has 1 saturated heterocycles. The summed E-state index contributed by atoms with van der Waals surface area (Å²) in [7, 11) is 1.88. The molecule has 1 amide bonds. The van der Waals surface area contributed by atoms with Crippen molar-refractivity contribution in [3.8, 4) is 0 Å². The fourth-order valence-corrected chi connectivity index (χ4v) is 2.89. The van der Waals surface area contributed by atoms with Crippen LogP contribution in [0.2, 0.25) is 0 Å². The van der Waals surface area contributed by atoms with Gasteiger partial charge in [-0.15, -0.1) is 11.3 Å². The zero-order chi connectivity index (χ0) is 11.7. The first kappa shape index (κ1) is 11.6. The average molecular weight is 238 g/mol. The van der Waals surface area contributed by atoms with Crippen molar-refractivity contribution in [1.29, 1.82) is 0 Å². The van der Waals surface area contributed by atoms with Gasteiger partial charge in [0.2, 0.25) is 5.91 Å². The molecule has 88 valence electrons. The molecule has 3 nitrogen and oxygen atoms in total. The lowest BCUT2D eigenvalue weighted by atomic mass is 9.99. The molecule has 0 aliphatic carbocycles. The Labute approximate surface area is 100 Å². The van der Waals surface area contributed by atoms with Gasteiger partial charge in [0.25, 0.3) is 0 Å². The predicted molar refractivity (Wildman–Crippen MR) is 66.2 cm³/mol. The zero-order valence-corrected chi connectivity index (χ0v) is 10.8. The second kappa shape index (κ2) is 4.55. The molecular formula is C12H18N2OS. The molecule has 0 saturated carbocycles. The molecule has 4 heteroatoms. The lowest BCUT2D eigenvalue weighted by molar-refractivity contribution is -0.129. The molecule has 3 unspecified atom stereocenters. The largest absolute Gasteiger partial charge is 0.324 e. The van der Waals surface area contributed by atoms with Crippen molar-refractivity contribution in [2.75, 3.05) is 7.05 Å². The second-order valence-corrected chi connectivity index (χ2v) is 5.38. The maximum atomic E-state index is 12.1. The monoisotopic (exact) mass is 238 g/mol. The van der Waals surface area contributed by atoms with E-state index >= 15 is 0 Å². The van der Waals surface area contributed by atoms with Crippen LogP contribution in [-0.4, -0.2) is 23.9 Å². The van der Waals surface area contributed by atoms with Gasteiger partial charge in [-0.05, 0) is 17.4 Å². The standard InChI is InChI=1S/C12H18N2OS/c1-4-8(2)10-12(15)14(3)11(13-10)9-6-5-7-16-9/h5-8,10-11,13H,4H2,1-3H3. The molecule has 0 aromatic carbocycles. The second-order valence-electron chi connectivity index (χ2n) is 4.40. The van der Waals surface area contributed by atoms with Crippen LogP contribution in [0.1, 0.15) is 31.3 Å². The van der Waals surface area contributed by atoms with E-state index in [4.69, 9.17) is 0 Å². The van der Waals surface area contributed by atoms with Gasteiger partial charge in [0.15, 0.2) is 0 Å². The Balaban J connectivity index is 2.17. The summed E-state index contributed by atoms with van der Waals surface area (Å²) in [6.45, 7) is 4.25. The number of carbonyl (C=O) groups is 1. The fourth-order valence-electron chi connectivity index (χ4n) is 2.06. The van der Waals surface area contributed by atoms with E-state index in [1.165, 1.54) is 4.88 Å². The van der Waals surface area contributed by atoms with Crippen molar-refractivity contribution in [3.63, 3.8) is 0 Å². The third kappa shape index (κ3) is 1.87. The highest BCUT2D eigenvalue weighted by molar-refractivity contribution is 7.10. The lowest BCUT2D eigenvalue weighted by Gasteiger charge is -2.17. The lowest BCUT2D eigenvalue weighted by Crippen LogP contribution is -2.35. The highest BCUT2D eigenvalue weighted by Crippen LogP contribution is 2.29. The highest BCUT2D eigenvalue weighted by atomic mass is 32.1. The number of hydrogen-bond acceptors (Lipinski definition) is 3. The first-order valence-electron chi connectivity index (χ1n) is 5.71. The molecule has 1 aromatic rings. The van der Waals surface area contributed by atoms with Gasteiger partial charge in [-0.2, -0.15) is 0 Å². The Hall–Kier alpha value is -0.870. The van der Waals surface area contributed by atoms with Gasteiger partial charge in [0.1, 0.15) is 6.17 Å². The number of carbonyl (C=O) groups excluding carboxylic acids is 1. The Bertz CT molecular complexity index is 363. The van der Waals surface area contributed by atoms with Gasteiger partial charge in [0, 0.05) is 11.9 Å². The third-order valence-electron chi connectivity index (χ3n) is 3.36. The number of hydrogen-bond donors (Lipinski definition) is 1. The van der Waals surface area contributed by atoms with Gasteiger partial charge in [-0.25, -0.2) is 0 Å². The topological polar surface area (TPSA) is 32.3 Å². The quantitative estimate of drug-likeness (QED) is 0.875. The first-order chi connectivity index (χ1) is 7.65. The van der Waals surface area contributed by atoms with Crippen LogP contribution >= 0.6 is 11.3 Å². The van der Waals surface area contributed by atoms with Gasteiger partial charge in [-0.3, -0.25) is 10.1 Å². The molecule has 0 spiro atoms. The highest BCUT2D eigenvalue weighted by Gasteiger charge is 2.39. The summed E-state index contributed by atoms with van der Waals surface area (Å²) in [5, 5.41) is 5.48. The number of nitrogens with zero attached hydrogens (tertiary/aromatic N) is 1. The molecule has 0 radical (unpaired) electrons. The Morgan fingerprint density at radius 3 is 2.94 bits per heavy atom. The van der Waals surface area contributed by atoms with E-state index < -0.39 is 0 Å². The summed E-state index contributed by atoms with van der Waals surface area (Å²) < 4.78 is 0. The van der Waals surface area contributed by atoms with E-state index in [1.807, 2.05) is 23.4 Å². The van der Waals surface area contributed by atoms with Gasteiger partial charge >= 0.3 is 0 Å². The molecule has 1 N–H and O–H groups in total. The first-order valence-corrected chi connectivity index (χ1v) is 6.59. The fraction of sp³-hybridized carbons (Fsp3) is 0.583. The summed E-state index contributed by atoms with van der Waals surface area (Å²) in [6.07, 6.45) is 1.08. The number of rotatable bonds is 3. The van der Waals surface area contributed by atoms with E-state index in [1.54, 1.807) is 11.3 Å². The number of amides is 1. The molecule has 1 fully saturated rings. The van der Waals surface area contributed by atoms with Crippen molar-refractivity contribution in [2.24, 2.45) is 5.92 Å². The number of likely N-dealkylation sites (N-methyl/N-ethyl adjacent to an activating group) is 1. The van der Waals surface area contributed by atoms with Crippen molar-refractivity contribution in [3.05, 3.63) is 22.4 Å². The number of thiophene rings is 1. The van der Waals surface area contributed by atoms with Crippen molar-refractivity contribution < 1.29 is 4.79 Å². The minimum atomic E-state index is -0.0258. The normalized spacial score (nSPS) is 27.4. The van der Waals surface area contributed by atoms with E-state index in [0.29, 0.717) is 5.92 Å². The SMILES string of the molecule is CCC(C)C1NC(c2cccs2)N(C)C1=O. The van der Waals surface area contributed by atoms with Gasteiger partial charge in [0.05, 0.1) is 6.04 Å². The van der Waals surface area contributed by atoms with Crippen LogP contribution in [0.4, 0.5) is 0 Å². The summed E-state index contributed by atoms with van der Waals surface area (Å²) in [5.41, 5.74) is 0. The zero-order valence-electron chi connectivity index (χ0n) is 9.93. The van der Waals surface area contributed by atoms with E-state index in [2.05, 4.69) is 25.2 Å². The maximum Gasteiger partial charge on any atom is 0.241 e. The van der Waals surface area contributed by atoms with Crippen LogP contribution < -0.4 is 5.32 Å². The summed E-state index contributed by atoms with van der Waals surface area (Å²) >= 11 is 1.69. The maximum absolute atomic E-state index is 12.1. The smallest absolute Gasteiger partial charge is 0.241 e. The molecule has 0 bridgehead atoms. The van der Waals surface area contributed by atoms with Crippen LogP contribution in [0.3, 0.4) is 0 Å². The Morgan fingerprint density at radius 1 is 1.62 bits per heavy atom. The van der Waals surface area contributed by atoms with Crippen LogP contribution in [0.15, 0.2) is 17.5 Å². The number of nitrogens with one attached hydrogen (secondary N) is 1. The molecule has 1 aromatic heterocycles. The molecule has 1 aliphatic rings. The average Bonchev–Trinajstić information content (AvgIpc) is 2.89. The third-order valence-corrected chi connectivity index (χ3v) is 4.29. The summed E-state index contributed by atoms with van der Waals surface area (Å²) in [4.78, 5) is 15.1. The molecule has 3 atom stereocenters. The molecule has 16 heavy (non-hydrogen) atoms. The molecule has 2 rings (SSSR count). The summed E-state index contributed by atoms with van der Waals surface area (Å²) in [5.74, 6) is 0.604. The van der Waals surface area contributed by atoms with E-state index in [0.717, 1.165) is 6.42 Å². The van der Waals surface area contributed by atoms with E-state index in [-0.39, 0.29) is 18.1 Å². The van der Waals surface area contributed by atoms with Crippen LogP contribution in [0.5, 0.6) is 0 Å². The van der Waals surface area contributed by atoms with Crippen molar-refractivity contribution >= 4 is 17.2 Å². The van der Waals surface area contributed by atoms with Gasteiger partial charge in [-0.1, -0.05) is 26.3 Å². The Kier molecular flexibility index (Phi) is 3.30. The Morgan fingerprint density at radius 2 is 2.38 bits per heavy atom. The van der Waals surface area contributed by atoms with Crippen molar-refractivity contribution in [2.45, 2.75) is 32.5 Å². The molecule has 1 aliphatic heterocycles. The predicted octanol–water partition coefficient (Wildman–Crippen LogP) is 2.22. The summed E-state index contributed by atoms with van der Waals surface area (Å²) in [6, 6.07) is 4.07. The van der Waals surface area contributed by atoms with Crippen molar-refractivity contribution in [1.82, 2.24) is 10.2 Å². The van der Waals surface area contributed by atoms with Crippen LogP contribution in [0.25, 0.3) is 0 Å². The molecular weight excluding hydrogens is 220 g/mol. The van der Waals surface area contributed by atoms with Gasteiger partial charge < -0.3 is 4.90 Å². The molecule has 2 heterocycles. The minimum Gasteiger partial charge on any atom is -0.324 e. The van der Waals surface area contributed by atoms with Crippen LogP contribution in [-0.2, 0) is 4.79 Å².